The zero-order valence-electron chi connectivity index (χ0n) is 20.4. The van der Waals surface area contributed by atoms with E-state index < -0.39 is 0 Å². The number of hydrogen-bond donors (Lipinski definition) is 0. The van der Waals surface area contributed by atoms with E-state index in [1.54, 1.807) is 0 Å². The minimum atomic E-state index is 1.30. The highest BCUT2D eigenvalue weighted by atomic mass is 32.1. The lowest BCUT2D eigenvalue weighted by Crippen LogP contribution is -1.86. The summed E-state index contributed by atoms with van der Waals surface area (Å²) in [5, 5.41) is 13.4. The van der Waals surface area contributed by atoms with E-state index in [0.717, 1.165) is 0 Å². The first-order valence-electron chi connectivity index (χ1n) is 12.9. The molecule has 38 heavy (non-hydrogen) atoms. The van der Waals surface area contributed by atoms with Crippen LogP contribution in [-0.2, 0) is 0 Å². The molecular formula is C36H20S2. The van der Waals surface area contributed by atoms with Gasteiger partial charge in [-0.3, -0.25) is 0 Å². The zero-order chi connectivity index (χ0) is 24.8. The molecule has 9 aromatic rings. The second-order valence-electron chi connectivity index (χ2n) is 10.0. The van der Waals surface area contributed by atoms with E-state index in [4.69, 9.17) is 0 Å². The van der Waals surface area contributed by atoms with E-state index in [9.17, 15) is 0 Å². The second-order valence-corrected chi connectivity index (χ2v) is 12.2. The van der Waals surface area contributed by atoms with Crippen LogP contribution in [0.1, 0.15) is 0 Å². The minimum Gasteiger partial charge on any atom is -0.135 e. The van der Waals surface area contributed by atoms with E-state index >= 15 is 0 Å². The molecule has 0 saturated carbocycles. The van der Waals surface area contributed by atoms with Crippen molar-refractivity contribution in [2.24, 2.45) is 0 Å². The van der Waals surface area contributed by atoms with Gasteiger partial charge < -0.3 is 0 Å². The van der Waals surface area contributed by atoms with Gasteiger partial charge >= 0.3 is 0 Å². The first-order chi connectivity index (χ1) is 18.8. The van der Waals surface area contributed by atoms with Crippen LogP contribution in [0.4, 0.5) is 0 Å². The molecule has 0 bridgehead atoms. The highest BCUT2D eigenvalue weighted by Crippen LogP contribution is 2.48. The smallest absolute Gasteiger partial charge is 0.0440 e. The van der Waals surface area contributed by atoms with Crippen LogP contribution in [0.2, 0.25) is 0 Å². The maximum atomic E-state index is 2.46. The maximum absolute atomic E-state index is 2.46. The highest BCUT2D eigenvalue weighted by molar-refractivity contribution is 7.27. The summed E-state index contributed by atoms with van der Waals surface area (Å²) < 4.78 is 5.43. The van der Waals surface area contributed by atoms with Crippen LogP contribution in [0.5, 0.6) is 0 Å². The van der Waals surface area contributed by atoms with Crippen molar-refractivity contribution in [2.75, 3.05) is 0 Å². The van der Waals surface area contributed by atoms with Crippen molar-refractivity contribution in [3.05, 3.63) is 121 Å². The first-order valence-corrected chi connectivity index (χ1v) is 14.6. The van der Waals surface area contributed by atoms with Gasteiger partial charge in [0, 0.05) is 45.7 Å². The fourth-order valence-corrected chi connectivity index (χ4v) is 8.85. The lowest BCUT2D eigenvalue weighted by Gasteiger charge is -2.13. The Morgan fingerprint density at radius 3 is 1.97 bits per heavy atom. The lowest BCUT2D eigenvalue weighted by atomic mass is 9.91. The fourth-order valence-electron chi connectivity index (χ4n) is 6.40. The summed E-state index contributed by atoms with van der Waals surface area (Å²) in [6.45, 7) is 0. The predicted molar refractivity (Wildman–Crippen MR) is 170 cm³/mol. The van der Waals surface area contributed by atoms with Crippen molar-refractivity contribution in [1.82, 2.24) is 0 Å². The molecule has 176 valence electrons. The molecule has 0 fully saturated rings. The molecule has 0 N–H and O–H groups in total. The Balaban J connectivity index is 1.47. The Morgan fingerprint density at radius 2 is 1.05 bits per heavy atom. The van der Waals surface area contributed by atoms with Crippen molar-refractivity contribution in [2.45, 2.75) is 0 Å². The monoisotopic (exact) mass is 516 g/mol. The van der Waals surface area contributed by atoms with Crippen LogP contribution in [0, 0.1) is 0 Å². The molecule has 2 heterocycles. The molecule has 2 heteroatoms. The SMILES string of the molecule is c1ccc2c(c1)ccc1sc3cc(-c4cccc5ccc6c7ccccc7sc6c45)c4ccccc4c3c12. The Bertz CT molecular complexity index is 2400. The Morgan fingerprint density at radius 1 is 0.342 bits per heavy atom. The third-order valence-electron chi connectivity index (χ3n) is 8.05. The highest BCUT2D eigenvalue weighted by Gasteiger charge is 2.18. The topological polar surface area (TPSA) is 0 Å². The van der Waals surface area contributed by atoms with E-state index in [1.165, 1.54) is 83.8 Å². The van der Waals surface area contributed by atoms with Crippen LogP contribution in [0.25, 0.3) is 83.8 Å². The summed E-state index contributed by atoms with van der Waals surface area (Å²) in [5.74, 6) is 0. The molecule has 0 aliphatic carbocycles. The van der Waals surface area contributed by atoms with Gasteiger partial charge in [0.15, 0.2) is 0 Å². The summed E-state index contributed by atoms with van der Waals surface area (Å²) in [5.41, 5.74) is 2.64. The third kappa shape index (κ3) is 2.74. The van der Waals surface area contributed by atoms with E-state index in [1.807, 2.05) is 22.7 Å². The Labute approximate surface area is 227 Å². The molecule has 0 nitrogen and oxygen atoms in total. The summed E-state index contributed by atoms with van der Waals surface area (Å²) in [4.78, 5) is 0. The average Bonchev–Trinajstić information content (AvgIpc) is 3.55. The number of benzene rings is 7. The molecule has 0 atom stereocenters. The maximum Gasteiger partial charge on any atom is 0.0440 e. The minimum absolute atomic E-state index is 1.30. The summed E-state index contributed by atoms with van der Waals surface area (Å²) in [7, 11) is 0. The molecule has 2 aromatic heterocycles. The number of thiophene rings is 2. The summed E-state index contributed by atoms with van der Waals surface area (Å²) >= 11 is 3.83. The van der Waals surface area contributed by atoms with Gasteiger partial charge in [0.05, 0.1) is 0 Å². The molecule has 0 saturated heterocycles. The number of rotatable bonds is 1. The van der Waals surface area contributed by atoms with Crippen molar-refractivity contribution in [3.63, 3.8) is 0 Å². The quantitative estimate of drug-likeness (QED) is 0.203. The molecule has 0 unspecified atom stereocenters. The van der Waals surface area contributed by atoms with E-state index in [0.29, 0.717) is 0 Å². The van der Waals surface area contributed by atoms with Gasteiger partial charge in [0.2, 0.25) is 0 Å². The van der Waals surface area contributed by atoms with E-state index in [2.05, 4.69) is 121 Å². The second kappa shape index (κ2) is 7.64. The van der Waals surface area contributed by atoms with E-state index in [-0.39, 0.29) is 0 Å². The van der Waals surface area contributed by atoms with Crippen LogP contribution in [-0.4, -0.2) is 0 Å². The number of fused-ring (bicyclic) bond motifs is 12. The standard InChI is InChI=1S/C36H20S2/c1-2-10-23-21(8-1)17-19-31-34(23)35-26-13-4-3-11-24(26)29(20-32(35)37-31)27-14-7-9-22-16-18-28-25-12-5-6-15-30(25)38-36(28)33(22)27/h1-20H. The average molecular weight is 517 g/mol. The van der Waals surface area contributed by atoms with Crippen LogP contribution >= 0.6 is 22.7 Å². The molecule has 0 spiro atoms. The van der Waals surface area contributed by atoms with Crippen molar-refractivity contribution in [3.8, 4) is 11.1 Å². The molecule has 0 aliphatic heterocycles. The van der Waals surface area contributed by atoms with Crippen molar-refractivity contribution in [1.29, 1.82) is 0 Å². The predicted octanol–water partition coefficient (Wildman–Crippen LogP) is 11.5. The summed E-state index contributed by atoms with van der Waals surface area (Å²) in [6, 6.07) is 45.0. The van der Waals surface area contributed by atoms with Crippen molar-refractivity contribution >= 4 is 95.3 Å². The van der Waals surface area contributed by atoms with Gasteiger partial charge in [-0.25, -0.2) is 0 Å². The van der Waals surface area contributed by atoms with Gasteiger partial charge in [-0.2, -0.15) is 0 Å². The van der Waals surface area contributed by atoms with Gasteiger partial charge in [0.1, 0.15) is 0 Å². The lowest BCUT2D eigenvalue weighted by molar-refractivity contribution is 1.75. The Kier molecular flexibility index (Phi) is 4.18. The van der Waals surface area contributed by atoms with Gasteiger partial charge in [-0.05, 0) is 56.3 Å². The van der Waals surface area contributed by atoms with Gasteiger partial charge in [-0.1, -0.05) is 103 Å². The summed E-state index contributed by atoms with van der Waals surface area (Å²) in [6.07, 6.45) is 0. The molecule has 0 amide bonds. The first kappa shape index (κ1) is 20.8. The van der Waals surface area contributed by atoms with Gasteiger partial charge in [0.25, 0.3) is 0 Å². The third-order valence-corrected chi connectivity index (χ3v) is 10.4. The number of hydrogen-bond acceptors (Lipinski definition) is 2. The normalized spacial score (nSPS) is 12.2. The van der Waals surface area contributed by atoms with Crippen molar-refractivity contribution < 1.29 is 0 Å². The zero-order valence-corrected chi connectivity index (χ0v) is 22.0. The van der Waals surface area contributed by atoms with Crippen LogP contribution in [0.3, 0.4) is 0 Å². The molecule has 7 aromatic carbocycles. The molecule has 0 radical (unpaired) electrons. The molecular weight excluding hydrogens is 497 g/mol. The molecule has 0 aliphatic rings. The Hall–Kier alpha value is -4.24. The van der Waals surface area contributed by atoms with Crippen LogP contribution < -0.4 is 0 Å². The largest absolute Gasteiger partial charge is 0.135 e. The van der Waals surface area contributed by atoms with Gasteiger partial charge in [-0.15, -0.1) is 22.7 Å². The fraction of sp³-hybridized carbons (Fsp3) is 0. The molecule has 9 rings (SSSR count). The van der Waals surface area contributed by atoms with Crippen LogP contribution in [0.15, 0.2) is 121 Å².